The molecule has 0 saturated heterocycles. The van der Waals surface area contributed by atoms with Crippen LogP contribution in [0.2, 0.25) is 4.47 Å². The normalized spacial score (nSPS) is 10.3. The summed E-state index contributed by atoms with van der Waals surface area (Å²) >= 11 is 6.97. The number of halogens is 1. The molecule has 2 rings (SSSR count). The molecule has 0 atom stereocenters. The number of nitrogens with zero attached hydrogens (tertiary/aromatic N) is 1. The summed E-state index contributed by atoms with van der Waals surface area (Å²) in [6.07, 6.45) is 2.11. The standard InChI is InChI=1S/C11H9BClNO4S/c13-11-14-4-7(19-11)6-18-10-3-1-2-9(12(16)17)8(10)5-15/h1-5,16-17H,6H2. The van der Waals surface area contributed by atoms with Gasteiger partial charge in [0.2, 0.25) is 0 Å². The Balaban J connectivity index is 2.20. The van der Waals surface area contributed by atoms with E-state index in [9.17, 15) is 4.79 Å². The van der Waals surface area contributed by atoms with Gasteiger partial charge in [-0.3, -0.25) is 4.79 Å². The van der Waals surface area contributed by atoms with Crippen LogP contribution in [-0.4, -0.2) is 28.4 Å². The first-order valence-electron chi connectivity index (χ1n) is 5.29. The molecule has 0 bridgehead atoms. The molecule has 1 aromatic carbocycles. The molecule has 98 valence electrons. The lowest BCUT2D eigenvalue weighted by Crippen LogP contribution is -2.33. The molecule has 8 heteroatoms. The summed E-state index contributed by atoms with van der Waals surface area (Å²) in [6, 6.07) is 4.61. The number of carbonyl (C=O) groups excluding carboxylic acids is 1. The van der Waals surface area contributed by atoms with Gasteiger partial charge in [-0.25, -0.2) is 4.98 Å². The van der Waals surface area contributed by atoms with E-state index in [1.165, 1.54) is 17.4 Å². The van der Waals surface area contributed by atoms with Crippen molar-refractivity contribution in [2.75, 3.05) is 0 Å². The van der Waals surface area contributed by atoms with E-state index in [0.717, 1.165) is 4.88 Å². The Hall–Kier alpha value is -1.41. The largest absolute Gasteiger partial charge is 0.489 e. The maximum absolute atomic E-state index is 11.0. The molecule has 0 aliphatic carbocycles. The topological polar surface area (TPSA) is 79.7 Å². The second kappa shape index (κ2) is 6.16. The first-order valence-corrected chi connectivity index (χ1v) is 6.48. The van der Waals surface area contributed by atoms with Gasteiger partial charge >= 0.3 is 7.12 Å². The predicted molar refractivity (Wildman–Crippen MR) is 73.1 cm³/mol. The van der Waals surface area contributed by atoms with Crippen LogP contribution in [0, 0.1) is 0 Å². The fourth-order valence-corrected chi connectivity index (χ4v) is 2.43. The number of thiazole rings is 1. The van der Waals surface area contributed by atoms with E-state index in [0.29, 0.717) is 10.8 Å². The average Bonchev–Trinajstić information content (AvgIpc) is 2.81. The molecule has 0 radical (unpaired) electrons. The summed E-state index contributed by atoms with van der Waals surface area (Å²) in [5.74, 6) is 0.283. The fraction of sp³-hybridized carbons (Fsp3) is 0.0909. The molecule has 0 aliphatic heterocycles. The lowest BCUT2D eigenvalue weighted by atomic mass is 9.77. The van der Waals surface area contributed by atoms with Gasteiger partial charge in [0.25, 0.3) is 0 Å². The highest BCUT2D eigenvalue weighted by atomic mass is 35.5. The van der Waals surface area contributed by atoms with Crippen LogP contribution >= 0.6 is 22.9 Å². The summed E-state index contributed by atoms with van der Waals surface area (Å²) in [5.41, 5.74) is 0.225. The van der Waals surface area contributed by atoms with E-state index >= 15 is 0 Å². The first kappa shape index (κ1) is 14.0. The van der Waals surface area contributed by atoms with Crippen LogP contribution < -0.4 is 10.2 Å². The highest BCUT2D eigenvalue weighted by molar-refractivity contribution is 7.15. The minimum absolute atomic E-state index is 0.106. The minimum atomic E-state index is -1.72. The second-order valence-electron chi connectivity index (χ2n) is 3.62. The molecular formula is C11H9BClNO4S. The van der Waals surface area contributed by atoms with Gasteiger partial charge in [0, 0.05) is 6.20 Å². The highest BCUT2D eigenvalue weighted by Crippen LogP contribution is 2.21. The van der Waals surface area contributed by atoms with Gasteiger partial charge in [0.05, 0.1) is 10.4 Å². The fourth-order valence-electron chi connectivity index (χ4n) is 1.54. The maximum Gasteiger partial charge on any atom is 0.489 e. The third-order valence-electron chi connectivity index (χ3n) is 2.39. The van der Waals surface area contributed by atoms with Crippen LogP contribution in [0.5, 0.6) is 5.75 Å². The molecule has 2 N–H and O–H groups in total. The summed E-state index contributed by atoms with van der Waals surface area (Å²) in [6.45, 7) is 0.205. The lowest BCUT2D eigenvalue weighted by Gasteiger charge is -2.10. The Morgan fingerprint density at radius 2 is 2.26 bits per heavy atom. The van der Waals surface area contributed by atoms with Crippen molar-refractivity contribution in [2.24, 2.45) is 0 Å². The summed E-state index contributed by atoms with van der Waals surface area (Å²) in [4.78, 5) is 15.7. The molecule has 0 fully saturated rings. The minimum Gasteiger partial charge on any atom is -0.487 e. The van der Waals surface area contributed by atoms with Gasteiger partial charge in [-0.15, -0.1) is 11.3 Å². The van der Waals surface area contributed by atoms with Crippen molar-refractivity contribution in [2.45, 2.75) is 6.61 Å². The summed E-state index contributed by atoms with van der Waals surface area (Å²) in [7, 11) is -1.72. The smallest absolute Gasteiger partial charge is 0.487 e. The van der Waals surface area contributed by atoms with E-state index in [-0.39, 0.29) is 23.4 Å². The zero-order valence-corrected chi connectivity index (χ0v) is 11.2. The monoisotopic (exact) mass is 297 g/mol. The van der Waals surface area contributed by atoms with Gasteiger partial charge in [0.1, 0.15) is 12.4 Å². The van der Waals surface area contributed by atoms with E-state index in [1.54, 1.807) is 18.3 Å². The van der Waals surface area contributed by atoms with Crippen molar-refractivity contribution in [3.63, 3.8) is 0 Å². The van der Waals surface area contributed by atoms with Crippen molar-refractivity contribution < 1.29 is 19.6 Å². The Morgan fingerprint density at radius 1 is 1.47 bits per heavy atom. The molecule has 2 aromatic rings. The van der Waals surface area contributed by atoms with Crippen molar-refractivity contribution in [3.05, 3.63) is 39.3 Å². The Labute approximate surface area is 118 Å². The predicted octanol–water partition coefficient (Wildman–Crippen LogP) is 0.868. The van der Waals surface area contributed by atoms with Gasteiger partial charge in [-0.2, -0.15) is 0 Å². The van der Waals surface area contributed by atoms with Crippen molar-refractivity contribution in [3.8, 4) is 5.75 Å². The summed E-state index contributed by atoms with van der Waals surface area (Å²) in [5, 5.41) is 18.3. The maximum atomic E-state index is 11.0. The van der Waals surface area contributed by atoms with E-state index in [2.05, 4.69) is 4.98 Å². The van der Waals surface area contributed by atoms with Gasteiger partial charge in [0.15, 0.2) is 10.8 Å². The van der Waals surface area contributed by atoms with Crippen molar-refractivity contribution in [1.29, 1.82) is 0 Å². The molecular weight excluding hydrogens is 288 g/mol. The lowest BCUT2D eigenvalue weighted by molar-refractivity contribution is 0.111. The van der Waals surface area contributed by atoms with Crippen LogP contribution in [0.4, 0.5) is 0 Å². The quantitative estimate of drug-likeness (QED) is 0.632. The van der Waals surface area contributed by atoms with Gasteiger partial charge in [-0.05, 0) is 11.5 Å². The molecule has 0 aliphatic rings. The van der Waals surface area contributed by atoms with Crippen LogP contribution in [0.15, 0.2) is 24.4 Å². The van der Waals surface area contributed by atoms with Crippen molar-refractivity contribution in [1.82, 2.24) is 4.98 Å². The van der Waals surface area contributed by atoms with Crippen LogP contribution in [-0.2, 0) is 6.61 Å². The van der Waals surface area contributed by atoms with Crippen molar-refractivity contribution >= 4 is 41.8 Å². The summed E-state index contributed by atoms with van der Waals surface area (Å²) < 4.78 is 5.89. The van der Waals surface area contributed by atoms with Gasteiger partial charge in [-0.1, -0.05) is 23.7 Å². The van der Waals surface area contributed by atoms with Crippen LogP contribution in [0.1, 0.15) is 15.2 Å². The molecule has 1 aromatic heterocycles. The number of ether oxygens (including phenoxy) is 1. The Morgan fingerprint density at radius 3 is 2.84 bits per heavy atom. The van der Waals surface area contributed by atoms with E-state index in [4.69, 9.17) is 26.4 Å². The van der Waals surface area contributed by atoms with E-state index in [1.807, 2.05) is 0 Å². The Kier molecular flexibility index (Phi) is 4.54. The number of carbonyl (C=O) groups is 1. The van der Waals surface area contributed by atoms with Crippen LogP contribution in [0.3, 0.4) is 0 Å². The number of aromatic nitrogens is 1. The molecule has 19 heavy (non-hydrogen) atoms. The third kappa shape index (κ3) is 3.33. The second-order valence-corrected chi connectivity index (χ2v) is 5.32. The third-order valence-corrected chi connectivity index (χ3v) is 3.48. The number of hydrogen-bond acceptors (Lipinski definition) is 6. The SMILES string of the molecule is O=Cc1c(OCc2cnc(Cl)s2)cccc1B(O)O. The van der Waals surface area contributed by atoms with Gasteiger partial charge < -0.3 is 14.8 Å². The molecule has 5 nitrogen and oxygen atoms in total. The average molecular weight is 298 g/mol. The number of hydrogen-bond donors (Lipinski definition) is 2. The van der Waals surface area contributed by atoms with E-state index < -0.39 is 7.12 Å². The van der Waals surface area contributed by atoms with Crippen LogP contribution in [0.25, 0.3) is 0 Å². The zero-order chi connectivity index (χ0) is 13.8. The number of benzene rings is 1. The molecule has 0 amide bonds. The number of rotatable bonds is 5. The zero-order valence-electron chi connectivity index (χ0n) is 9.62. The molecule has 0 saturated carbocycles. The molecule has 0 unspecified atom stereocenters. The number of aldehydes is 1. The molecule has 0 spiro atoms. The molecule has 1 heterocycles. The highest BCUT2D eigenvalue weighted by Gasteiger charge is 2.19. The first-order chi connectivity index (χ1) is 9.11. The Bertz CT molecular complexity index is 590.